The first-order valence-corrected chi connectivity index (χ1v) is 10.2. The van der Waals surface area contributed by atoms with Crippen molar-refractivity contribution in [1.29, 1.82) is 0 Å². The van der Waals surface area contributed by atoms with Crippen LogP contribution in [0.1, 0.15) is 30.3 Å². The summed E-state index contributed by atoms with van der Waals surface area (Å²) < 4.78 is 5.75. The number of ether oxygens (including phenoxy) is 1. The standard InChI is InChI=1S/C21H20ClN3O3S/c1-2-4-19-23-21(25-24-19)29-18(20(26)27)12-14-7-9-17(10-8-14)28-13-15-5-3-6-16(22)11-15/h3,5-12H,2,4,13H2,1H3,(H,26,27)(H,23,24,25)/b18-12-. The van der Waals surface area contributed by atoms with Crippen LogP contribution in [0.5, 0.6) is 5.75 Å². The Bertz CT molecular complexity index is 1000. The molecule has 0 amide bonds. The Morgan fingerprint density at radius 2 is 2.07 bits per heavy atom. The SMILES string of the molecule is CCCc1nc(S/C(=C\c2ccc(OCc3cccc(Cl)c3)cc2)C(=O)O)n[nH]1. The Hall–Kier alpha value is -2.77. The molecule has 0 atom stereocenters. The summed E-state index contributed by atoms with van der Waals surface area (Å²) in [5, 5.41) is 17.5. The van der Waals surface area contributed by atoms with Crippen molar-refractivity contribution in [1.82, 2.24) is 15.2 Å². The summed E-state index contributed by atoms with van der Waals surface area (Å²) in [7, 11) is 0. The van der Waals surface area contributed by atoms with Crippen LogP contribution in [0, 0.1) is 0 Å². The number of aliphatic carboxylic acids is 1. The zero-order valence-electron chi connectivity index (χ0n) is 15.8. The highest BCUT2D eigenvalue weighted by atomic mass is 35.5. The Morgan fingerprint density at radius 1 is 1.28 bits per heavy atom. The molecule has 0 aliphatic rings. The zero-order chi connectivity index (χ0) is 20.6. The molecule has 0 saturated heterocycles. The van der Waals surface area contributed by atoms with Crippen LogP contribution < -0.4 is 4.74 Å². The van der Waals surface area contributed by atoms with Gasteiger partial charge in [-0.05, 0) is 59.7 Å². The normalized spacial score (nSPS) is 11.4. The maximum atomic E-state index is 11.6. The van der Waals surface area contributed by atoms with E-state index in [0.29, 0.717) is 22.5 Å². The predicted molar refractivity (Wildman–Crippen MR) is 114 cm³/mol. The van der Waals surface area contributed by atoms with E-state index >= 15 is 0 Å². The molecule has 8 heteroatoms. The lowest BCUT2D eigenvalue weighted by Gasteiger charge is -2.07. The van der Waals surface area contributed by atoms with Crippen LogP contribution in [0.15, 0.2) is 58.6 Å². The lowest BCUT2D eigenvalue weighted by atomic mass is 10.2. The smallest absolute Gasteiger partial charge is 0.342 e. The Labute approximate surface area is 178 Å². The number of carbonyl (C=O) groups is 1. The molecule has 0 fully saturated rings. The molecule has 1 heterocycles. The third-order valence-corrected chi connectivity index (χ3v) is 5.00. The molecule has 2 aromatic carbocycles. The fraction of sp³-hybridized carbons (Fsp3) is 0.190. The average Bonchev–Trinajstić information content (AvgIpc) is 3.14. The van der Waals surface area contributed by atoms with Gasteiger partial charge in [0.15, 0.2) is 0 Å². The van der Waals surface area contributed by atoms with E-state index in [0.717, 1.165) is 41.6 Å². The number of thioether (sulfide) groups is 1. The minimum Gasteiger partial charge on any atom is -0.489 e. The molecule has 1 aromatic heterocycles. The largest absolute Gasteiger partial charge is 0.489 e. The summed E-state index contributed by atoms with van der Waals surface area (Å²) in [5.74, 6) is 0.406. The molecular weight excluding hydrogens is 410 g/mol. The van der Waals surface area contributed by atoms with Crippen molar-refractivity contribution >= 4 is 35.4 Å². The second-order valence-corrected chi connectivity index (χ2v) is 7.66. The van der Waals surface area contributed by atoms with Gasteiger partial charge >= 0.3 is 5.97 Å². The van der Waals surface area contributed by atoms with Crippen LogP contribution >= 0.6 is 23.4 Å². The average molecular weight is 430 g/mol. The Morgan fingerprint density at radius 3 is 2.76 bits per heavy atom. The lowest BCUT2D eigenvalue weighted by Crippen LogP contribution is -1.97. The van der Waals surface area contributed by atoms with E-state index < -0.39 is 5.97 Å². The molecule has 0 bridgehead atoms. The van der Waals surface area contributed by atoms with Gasteiger partial charge in [0.25, 0.3) is 0 Å². The van der Waals surface area contributed by atoms with Crippen molar-refractivity contribution in [2.24, 2.45) is 0 Å². The molecule has 0 unspecified atom stereocenters. The van der Waals surface area contributed by atoms with E-state index in [1.807, 2.05) is 31.2 Å². The monoisotopic (exact) mass is 429 g/mol. The molecule has 3 rings (SSSR count). The van der Waals surface area contributed by atoms with Gasteiger partial charge in [-0.2, -0.15) is 0 Å². The van der Waals surface area contributed by atoms with Gasteiger partial charge in [0.2, 0.25) is 5.16 Å². The second kappa shape index (κ2) is 10.1. The third kappa shape index (κ3) is 6.37. The summed E-state index contributed by atoms with van der Waals surface area (Å²) in [6, 6.07) is 14.7. The van der Waals surface area contributed by atoms with Crippen LogP contribution in [-0.4, -0.2) is 26.3 Å². The van der Waals surface area contributed by atoms with Gasteiger partial charge in [-0.3, -0.25) is 5.10 Å². The van der Waals surface area contributed by atoms with E-state index in [9.17, 15) is 9.90 Å². The molecule has 150 valence electrons. The molecule has 0 spiro atoms. The molecule has 0 aliphatic heterocycles. The van der Waals surface area contributed by atoms with Gasteiger partial charge < -0.3 is 9.84 Å². The van der Waals surface area contributed by atoms with Crippen LogP contribution in [0.25, 0.3) is 6.08 Å². The van der Waals surface area contributed by atoms with Crippen molar-refractivity contribution in [2.75, 3.05) is 0 Å². The summed E-state index contributed by atoms with van der Waals surface area (Å²) >= 11 is 6.99. The number of aromatic amines is 1. The molecule has 3 aromatic rings. The maximum absolute atomic E-state index is 11.6. The zero-order valence-corrected chi connectivity index (χ0v) is 17.3. The number of H-pyrrole nitrogens is 1. The Kier molecular flexibility index (Phi) is 7.32. The number of carboxylic acids is 1. The molecule has 29 heavy (non-hydrogen) atoms. The fourth-order valence-corrected chi connectivity index (χ4v) is 3.45. The topological polar surface area (TPSA) is 88.1 Å². The molecule has 0 aliphatic carbocycles. The first-order chi connectivity index (χ1) is 14.0. The second-order valence-electron chi connectivity index (χ2n) is 6.22. The van der Waals surface area contributed by atoms with E-state index in [1.165, 1.54) is 0 Å². The molecular formula is C21H20ClN3O3S. The predicted octanol–water partition coefficient (Wildman–Crippen LogP) is 5.21. The number of aryl methyl sites for hydroxylation is 1. The van der Waals surface area contributed by atoms with Crippen molar-refractivity contribution in [3.8, 4) is 5.75 Å². The highest BCUT2D eigenvalue weighted by Gasteiger charge is 2.13. The van der Waals surface area contributed by atoms with Gasteiger partial charge in [0.1, 0.15) is 23.1 Å². The number of hydrogen-bond donors (Lipinski definition) is 2. The fourth-order valence-electron chi connectivity index (χ4n) is 2.51. The molecule has 0 radical (unpaired) electrons. The summed E-state index contributed by atoms with van der Waals surface area (Å²) in [6.45, 7) is 2.44. The van der Waals surface area contributed by atoms with E-state index in [2.05, 4.69) is 15.2 Å². The van der Waals surface area contributed by atoms with Gasteiger partial charge in [-0.15, -0.1) is 5.10 Å². The van der Waals surface area contributed by atoms with Gasteiger partial charge in [-0.25, -0.2) is 9.78 Å². The number of nitrogens with one attached hydrogen (secondary N) is 1. The molecule has 2 N–H and O–H groups in total. The van der Waals surface area contributed by atoms with Crippen molar-refractivity contribution in [2.45, 2.75) is 31.5 Å². The van der Waals surface area contributed by atoms with Crippen molar-refractivity contribution in [3.63, 3.8) is 0 Å². The number of rotatable bonds is 9. The van der Waals surface area contributed by atoms with Crippen molar-refractivity contribution < 1.29 is 14.6 Å². The summed E-state index contributed by atoms with van der Waals surface area (Å²) in [6.07, 6.45) is 3.30. The van der Waals surface area contributed by atoms with Crippen LogP contribution in [0.4, 0.5) is 0 Å². The number of benzene rings is 2. The number of nitrogens with zero attached hydrogens (tertiary/aromatic N) is 2. The third-order valence-electron chi connectivity index (χ3n) is 3.88. The van der Waals surface area contributed by atoms with Gasteiger partial charge in [0, 0.05) is 11.4 Å². The Balaban J connectivity index is 1.65. The quantitative estimate of drug-likeness (QED) is 0.358. The minimum atomic E-state index is -1.03. The van der Waals surface area contributed by atoms with E-state index in [4.69, 9.17) is 16.3 Å². The number of halogens is 1. The summed E-state index contributed by atoms with van der Waals surface area (Å²) in [4.78, 5) is 16.0. The van der Waals surface area contributed by atoms with Crippen molar-refractivity contribution in [3.05, 3.63) is 75.4 Å². The number of carboxylic acid groups (broad SMARTS) is 1. The van der Waals surface area contributed by atoms with Crippen LogP contribution in [0.2, 0.25) is 5.02 Å². The van der Waals surface area contributed by atoms with Crippen LogP contribution in [0.3, 0.4) is 0 Å². The number of aromatic nitrogens is 3. The summed E-state index contributed by atoms with van der Waals surface area (Å²) in [5.41, 5.74) is 1.72. The van der Waals surface area contributed by atoms with E-state index in [1.54, 1.807) is 30.3 Å². The molecule has 0 saturated carbocycles. The lowest BCUT2D eigenvalue weighted by molar-refractivity contribution is -0.131. The highest BCUT2D eigenvalue weighted by molar-refractivity contribution is 8.04. The maximum Gasteiger partial charge on any atom is 0.342 e. The minimum absolute atomic E-state index is 0.139. The first-order valence-electron chi connectivity index (χ1n) is 9.05. The van der Waals surface area contributed by atoms with E-state index in [-0.39, 0.29) is 4.91 Å². The number of hydrogen-bond acceptors (Lipinski definition) is 5. The van der Waals surface area contributed by atoms with Crippen LogP contribution in [-0.2, 0) is 17.8 Å². The first kappa shape index (κ1) is 21.0. The highest BCUT2D eigenvalue weighted by Crippen LogP contribution is 2.26. The van der Waals surface area contributed by atoms with Gasteiger partial charge in [-0.1, -0.05) is 42.8 Å². The van der Waals surface area contributed by atoms with Gasteiger partial charge in [0.05, 0.1) is 0 Å². The molecule has 6 nitrogen and oxygen atoms in total.